The molecular formula is C14H21N3O2. The molecule has 19 heavy (non-hydrogen) atoms. The minimum Gasteiger partial charge on any atom is -0.399 e. The first-order valence-electron chi connectivity index (χ1n) is 6.55. The monoisotopic (exact) mass is 263 g/mol. The van der Waals surface area contributed by atoms with Crippen LogP contribution in [-0.4, -0.2) is 37.6 Å². The third-order valence-corrected chi connectivity index (χ3v) is 3.44. The number of hydrogen-bond acceptors (Lipinski definition) is 4. The molecule has 1 heterocycles. The number of carbonyl (C=O) groups excluding carboxylic acids is 1. The van der Waals surface area contributed by atoms with E-state index in [1.165, 1.54) is 0 Å². The van der Waals surface area contributed by atoms with Gasteiger partial charge in [0.15, 0.2) is 0 Å². The van der Waals surface area contributed by atoms with Crippen molar-refractivity contribution in [3.05, 3.63) is 23.8 Å². The molecule has 1 aromatic rings. The Morgan fingerprint density at radius 3 is 2.42 bits per heavy atom. The highest BCUT2D eigenvalue weighted by atomic mass is 16.5. The van der Waals surface area contributed by atoms with Gasteiger partial charge < -0.3 is 21.1 Å². The number of amides is 1. The second-order valence-electron chi connectivity index (χ2n) is 5.13. The van der Waals surface area contributed by atoms with Crippen molar-refractivity contribution in [1.82, 2.24) is 4.90 Å². The highest BCUT2D eigenvalue weighted by molar-refractivity contribution is 5.96. The van der Waals surface area contributed by atoms with E-state index < -0.39 is 0 Å². The van der Waals surface area contributed by atoms with Gasteiger partial charge in [-0.1, -0.05) is 0 Å². The first-order valence-corrected chi connectivity index (χ1v) is 6.55. The molecule has 0 bridgehead atoms. The van der Waals surface area contributed by atoms with Gasteiger partial charge in [0.2, 0.25) is 0 Å². The average molecular weight is 263 g/mol. The largest absolute Gasteiger partial charge is 0.399 e. The second kappa shape index (κ2) is 5.93. The van der Waals surface area contributed by atoms with Crippen LogP contribution in [0.1, 0.15) is 23.2 Å². The van der Waals surface area contributed by atoms with E-state index in [4.69, 9.17) is 16.2 Å². The van der Waals surface area contributed by atoms with Crippen LogP contribution in [0.5, 0.6) is 0 Å². The van der Waals surface area contributed by atoms with Crippen LogP contribution in [0.25, 0.3) is 0 Å². The molecule has 0 aromatic heterocycles. The summed E-state index contributed by atoms with van der Waals surface area (Å²) >= 11 is 0. The van der Waals surface area contributed by atoms with Gasteiger partial charge in [0.05, 0.1) is 0 Å². The Kier molecular flexibility index (Phi) is 4.27. The van der Waals surface area contributed by atoms with Crippen molar-refractivity contribution >= 4 is 17.3 Å². The van der Waals surface area contributed by atoms with Gasteiger partial charge in [0, 0.05) is 43.7 Å². The number of benzene rings is 1. The number of anilines is 2. The first kappa shape index (κ1) is 13.7. The molecule has 104 valence electrons. The van der Waals surface area contributed by atoms with Crippen molar-refractivity contribution < 1.29 is 9.53 Å². The molecular weight excluding hydrogens is 242 g/mol. The minimum absolute atomic E-state index is 0.0366. The van der Waals surface area contributed by atoms with Crippen molar-refractivity contribution in [2.75, 3.05) is 38.3 Å². The molecule has 1 aliphatic rings. The first-order chi connectivity index (χ1) is 9.06. The Balaban J connectivity index is 2.01. The summed E-state index contributed by atoms with van der Waals surface area (Å²) < 4.78 is 5.32. The zero-order valence-electron chi connectivity index (χ0n) is 11.3. The summed E-state index contributed by atoms with van der Waals surface area (Å²) in [5.74, 6) is 0.478. The zero-order valence-corrected chi connectivity index (χ0v) is 11.3. The smallest absolute Gasteiger partial charge is 0.253 e. The van der Waals surface area contributed by atoms with Gasteiger partial charge >= 0.3 is 0 Å². The molecule has 0 atom stereocenters. The maximum absolute atomic E-state index is 12.3. The van der Waals surface area contributed by atoms with Crippen LogP contribution in [0.2, 0.25) is 0 Å². The van der Waals surface area contributed by atoms with E-state index in [1.807, 2.05) is 7.05 Å². The van der Waals surface area contributed by atoms with Gasteiger partial charge in [-0.05, 0) is 37.0 Å². The molecule has 5 nitrogen and oxygen atoms in total. The van der Waals surface area contributed by atoms with E-state index in [2.05, 4.69) is 0 Å². The van der Waals surface area contributed by atoms with Gasteiger partial charge in [0.25, 0.3) is 5.91 Å². The van der Waals surface area contributed by atoms with Crippen LogP contribution < -0.4 is 11.5 Å². The lowest BCUT2D eigenvalue weighted by molar-refractivity contribution is 0.0497. The molecule has 0 saturated carbocycles. The Morgan fingerprint density at radius 2 is 1.84 bits per heavy atom. The number of hydrogen-bond donors (Lipinski definition) is 2. The van der Waals surface area contributed by atoms with E-state index >= 15 is 0 Å². The molecule has 2 rings (SSSR count). The van der Waals surface area contributed by atoms with Crippen LogP contribution in [-0.2, 0) is 4.74 Å². The maximum Gasteiger partial charge on any atom is 0.253 e. The van der Waals surface area contributed by atoms with Gasteiger partial charge in [-0.15, -0.1) is 0 Å². The molecule has 0 unspecified atom stereocenters. The van der Waals surface area contributed by atoms with Crippen LogP contribution >= 0.6 is 0 Å². The van der Waals surface area contributed by atoms with Crippen LogP contribution in [0.15, 0.2) is 18.2 Å². The summed E-state index contributed by atoms with van der Waals surface area (Å²) in [7, 11) is 1.82. The summed E-state index contributed by atoms with van der Waals surface area (Å²) in [6.07, 6.45) is 2.02. The van der Waals surface area contributed by atoms with Crippen molar-refractivity contribution in [2.24, 2.45) is 5.92 Å². The highest BCUT2D eigenvalue weighted by Gasteiger charge is 2.19. The fraction of sp³-hybridized carbons (Fsp3) is 0.500. The quantitative estimate of drug-likeness (QED) is 0.806. The van der Waals surface area contributed by atoms with E-state index in [9.17, 15) is 4.79 Å². The summed E-state index contributed by atoms with van der Waals surface area (Å²) in [5.41, 5.74) is 13.0. The summed E-state index contributed by atoms with van der Waals surface area (Å²) in [6, 6.07) is 4.98. The molecule has 1 saturated heterocycles. The SMILES string of the molecule is CN(CC1CCOCC1)C(=O)c1cc(N)cc(N)c1. The number of nitrogens with two attached hydrogens (primary N) is 2. The Bertz CT molecular complexity index is 436. The number of nitrogen functional groups attached to an aromatic ring is 2. The Morgan fingerprint density at radius 1 is 1.26 bits per heavy atom. The maximum atomic E-state index is 12.3. The van der Waals surface area contributed by atoms with Gasteiger partial charge in [-0.25, -0.2) is 0 Å². The third kappa shape index (κ3) is 3.61. The topological polar surface area (TPSA) is 81.6 Å². The van der Waals surface area contributed by atoms with Crippen molar-refractivity contribution in [3.8, 4) is 0 Å². The van der Waals surface area contributed by atoms with E-state index in [1.54, 1.807) is 23.1 Å². The van der Waals surface area contributed by atoms with Gasteiger partial charge in [0.1, 0.15) is 0 Å². The summed E-state index contributed by atoms with van der Waals surface area (Å²) in [5, 5.41) is 0. The van der Waals surface area contributed by atoms with E-state index in [0.29, 0.717) is 22.9 Å². The summed E-state index contributed by atoms with van der Waals surface area (Å²) in [6.45, 7) is 2.33. The molecule has 1 amide bonds. The number of ether oxygens (including phenoxy) is 1. The lowest BCUT2D eigenvalue weighted by Crippen LogP contribution is -2.34. The molecule has 0 aliphatic carbocycles. The van der Waals surface area contributed by atoms with E-state index in [0.717, 1.165) is 32.6 Å². The zero-order chi connectivity index (χ0) is 13.8. The van der Waals surface area contributed by atoms with Crippen molar-refractivity contribution in [1.29, 1.82) is 0 Å². The predicted octanol–water partition coefficient (Wildman–Crippen LogP) is 1.35. The molecule has 1 fully saturated rings. The normalized spacial score (nSPS) is 16.3. The molecule has 0 spiro atoms. The standard InChI is InChI=1S/C14H21N3O2/c1-17(9-10-2-4-19-5-3-10)14(18)11-6-12(15)8-13(16)7-11/h6-8,10H,2-5,9,15-16H2,1H3. The van der Waals surface area contributed by atoms with Crippen molar-refractivity contribution in [2.45, 2.75) is 12.8 Å². The molecule has 1 aromatic carbocycles. The van der Waals surface area contributed by atoms with Gasteiger partial charge in [-0.3, -0.25) is 4.79 Å². The highest BCUT2D eigenvalue weighted by Crippen LogP contribution is 2.19. The van der Waals surface area contributed by atoms with Crippen molar-refractivity contribution in [3.63, 3.8) is 0 Å². The predicted molar refractivity (Wildman–Crippen MR) is 75.8 cm³/mol. The molecule has 4 N–H and O–H groups in total. The number of carbonyl (C=O) groups is 1. The average Bonchev–Trinajstić information content (AvgIpc) is 2.37. The number of nitrogens with zero attached hydrogens (tertiary/aromatic N) is 1. The van der Waals surface area contributed by atoms with Gasteiger partial charge in [-0.2, -0.15) is 0 Å². The third-order valence-electron chi connectivity index (χ3n) is 3.44. The Labute approximate surface area is 113 Å². The minimum atomic E-state index is -0.0366. The molecule has 1 aliphatic heterocycles. The molecule has 5 heteroatoms. The fourth-order valence-electron chi connectivity index (χ4n) is 2.42. The Hall–Kier alpha value is -1.75. The van der Waals surface area contributed by atoms with Crippen LogP contribution in [0.4, 0.5) is 11.4 Å². The number of rotatable bonds is 3. The molecule has 0 radical (unpaired) electrons. The van der Waals surface area contributed by atoms with E-state index in [-0.39, 0.29) is 5.91 Å². The van der Waals surface area contributed by atoms with Crippen LogP contribution in [0, 0.1) is 5.92 Å². The van der Waals surface area contributed by atoms with Crippen LogP contribution in [0.3, 0.4) is 0 Å². The second-order valence-corrected chi connectivity index (χ2v) is 5.13. The summed E-state index contributed by atoms with van der Waals surface area (Å²) in [4.78, 5) is 14.0. The lowest BCUT2D eigenvalue weighted by Gasteiger charge is -2.27. The fourth-order valence-corrected chi connectivity index (χ4v) is 2.42. The lowest BCUT2D eigenvalue weighted by atomic mass is 9.99.